The molecule has 0 aliphatic carbocycles. The molecule has 0 atom stereocenters. The van der Waals surface area contributed by atoms with Crippen LogP contribution >= 0.6 is 0 Å². The second-order valence-corrected chi connectivity index (χ2v) is 9.59. The number of nitrogens with one attached hydrogen (secondary N) is 1. The summed E-state index contributed by atoms with van der Waals surface area (Å²) < 4.78 is 38.5. The van der Waals surface area contributed by atoms with E-state index in [0.29, 0.717) is 33.8 Å². The Kier molecular flexibility index (Phi) is 8.14. The Bertz CT molecular complexity index is 1320. The molecule has 0 fully saturated rings. The second-order valence-electron chi connectivity index (χ2n) is 7.73. The zero-order valence-corrected chi connectivity index (χ0v) is 20.9. The number of carbonyl (C=O) groups is 2. The van der Waals surface area contributed by atoms with Crippen LogP contribution in [0.2, 0.25) is 0 Å². The number of nitrogens with zero attached hydrogens (tertiary/aromatic N) is 1. The van der Waals surface area contributed by atoms with Gasteiger partial charge < -0.3 is 14.8 Å². The van der Waals surface area contributed by atoms with Crippen LogP contribution in [-0.2, 0) is 19.6 Å². The number of carbonyl (C=O) groups excluding carboxylic acids is 2. The lowest BCUT2D eigenvalue weighted by Gasteiger charge is -2.24. The van der Waals surface area contributed by atoms with Gasteiger partial charge in [-0.1, -0.05) is 24.3 Å². The minimum atomic E-state index is -4.09. The van der Waals surface area contributed by atoms with Gasteiger partial charge in [0.2, 0.25) is 5.91 Å². The van der Waals surface area contributed by atoms with Crippen LogP contribution in [0.25, 0.3) is 0 Å². The molecule has 0 saturated carbocycles. The Labute approximate surface area is 205 Å². The average molecular weight is 497 g/mol. The van der Waals surface area contributed by atoms with Crippen LogP contribution in [0.4, 0.5) is 11.4 Å². The van der Waals surface area contributed by atoms with E-state index in [1.807, 2.05) is 0 Å². The Balaban J connectivity index is 1.93. The number of anilines is 2. The number of methoxy groups -OCH3 is 1. The van der Waals surface area contributed by atoms with Gasteiger partial charge in [-0.25, -0.2) is 13.2 Å². The lowest BCUT2D eigenvalue weighted by Crippen LogP contribution is -2.38. The topological polar surface area (TPSA) is 102 Å². The first-order valence-corrected chi connectivity index (χ1v) is 12.4. The Hall–Kier alpha value is -3.85. The van der Waals surface area contributed by atoms with Crippen molar-refractivity contribution in [2.75, 3.05) is 29.9 Å². The van der Waals surface area contributed by atoms with E-state index < -0.39 is 28.4 Å². The third-order valence-electron chi connectivity index (χ3n) is 5.39. The largest absolute Gasteiger partial charge is 0.496 e. The molecule has 0 bridgehead atoms. The lowest BCUT2D eigenvalue weighted by atomic mass is 10.1. The van der Waals surface area contributed by atoms with Crippen molar-refractivity contribution >= 4 is 33.3 Å². The van der Waals surface area contributed by atoms with Crippen molar-refractivity contribution in [2.45, 2.75) is 25.7 Å². The molecule has 0 aliphatic heterocycles. The monoisotopic (exact) mass is 496 g/mol. The number of para-hydroxylation sites is 1. The summed E-state index contributed by atoms with van der Waals surface area (Å²) in [6.07, 6.45) is 0. The van der Waals surface area contributed by atoms with Crippen molar-refractivity contribution in [3.05, 3.63) is 83.4 Å². The van der Waals surface area contributed by atoms with Gasteiger partial charge in [0.05, 0.1) is 29.9 Å². The minimum Gasteiger partial charge on any atom is -0.496 e. The molecule has 8 nitrogen and oxygen atoms in total. The van der Waals surface area contributed by atoms with E-state index in [-0.39, 0.29) is 11.5 Å². The van der Waals surface area contributed by atoms with Gasteiger partial charge in [0.25, 0.3) is 10.0 Å². The molecule has 0 saturated heterocycles. The quantitative estimate of drug-likeness (QED) is 0.443. The molecule has 0 spiro atoms. The number of aryl methyl sites for hydroxylation is 1. The highest BCUT2D eigenvalue weighted by molar-refractivity contribution is 7.92. The smallest absolute Gasteiger partial charge is 0.338 e. The molecular formula is C26H28N2O6S. The number of esters is 1. The zero-order valence-electron chi connectivity index (χ0n) is 20.1. The number of amides is 1. The van der Waals surface area contributed by atoms with Gasteiger partial charge >= 0.3 is 5.97 Å². The number of hydrogen-bond acceptors (Lipinski definition) is 6. The van der Waals surface area contributed by atoms with E-state index in [9.17, 15) is 18.0 Å². The fourth-order valence-corrected chi connectivity index (χ4v) is 5.08. The predicted octanol–water partition coefficient (Wildman–Crippen LogP) is 4.32. The maximum Gasteiger partial charge on any atom is 0.338 e. The molecular weight excluding hydrogens is 468 g/mol. The molecule has 0 unspecified atom stereocenters. The van der Waals surface area contributed by atoms with Crippen molar-refractivity contribution in [1.82, 2.24) is 0 Å². The summed E-state index contributed by atoms with van der Waals surface area (Å²) >= 11 is 0. The van der Waals surface area contributed by atoms with Crippen molar-refractivity contribution < 1.29 is 27.5 Å². The fourth-order valence-electron chi connectivity index (χ4n) is 3.57. The Morgan fingerprint density at radius 2 is 1.69 bits per heavy atom. The first-order valence-electron chi connectivity index (χ1n) is 11.0. The molecule has 184 valence electrons. The van der Waals surface area contributed by atoms with Crippen molar-refractivity contribution in [2.24, 2.45) is 0 Å². The number of hydrogen-bond donors (Lipinski definition) is 1. The SMILES string of the molecule is CCOC(=O)c1cccc(NC(=O)CN(c2ccccc2)S(=O)(=O)c2ccc(OC)c(C)c2)c1C. The molecule has 35 heavy (non-hydrogen) atoms. The molecule has 1 amide bonds. The van der Waals surface area contributed by atoms with E-state index in [1.165, 1.54) is 19.2 Å². The van der Waals surface area contributed by atoms with Gasteiger partial charge in [0.15, 0.2) is 0 Å². The van der Waals surface area contributed by atoms with Gasteiger partial charge in [-0.05, 0) is 74.4 Å². The predicted molar refractivity (Wildman–Crippen MR) is 134 cm³/mol. The first-order chi connectivity index (χ1) is 16.7. The molecule has 0 aliphatic rings. The molecule has 0 radical (unpaired) electrons. The maximum atomic E-state index is 13.6. The van der Waals surface area contributed by atoms with E-state index in [0.717, 1.165) is 4.31 Å². The summed E-state index contributed by atoms with van der Waals surface area (Å²) in [6, 6.07) is 17.8. The van der Waals surface area contributed by atoms with Gasteiger partial charge in [-0.2, -0.15) is 0 Å². The molecule has 0 heterocycles. The summed E-state index contributed by atoms with van der Waals surface area (Å²) in [5.74, 6) is -0.499. The molecule has 0 aromatic heterocycles. The standard InChI is InChI=1S/C26H28N2O6S/c1-5-34-26(30)22-12-9-13-23(19(22)3)27-25(29)17-28(20-10-7-6-8-11-20)35(31,32)21-14-15-24(33-4)18(2)16-21/h6-16H,5,17H2,1-4H3,(H,27,29). The number of benzene rings is 3. The highest BCUT2D eigenvalue weighted by Gasteiger charge is 2.28. The van der Waals surface area contributed by atoms with Gasteiger partial charge in [0.1, 0.15) is 12.3 Å². The van der Waals surface area contributed by atoms with E-state index in [4.69, 9.17) is 9.47 Å². The summed E-state index contributed by atoms with van der Waals surface area (Å²) in [5, 5.41) is 2.73. The van der Waals surface area contributed by atoms with Crippen LogP contribution in [0.15, 0.2) is 71.6 Å². The van der Waals surface area contributed by atoms with Crippen LogP contribution in [0.5, 0.6) is 5.75 Å². The zero-order chi connectivity index (χ0) is 25.6. The molecule has 1 N–H and O–H groups in total. The van der Waals surface area contributed by atoms with E-state index in [2.05, 4.69) is 5.32 Å². The molecule has 9 heteroatoms. The minimum absolute atomic E-state index is 0.0351. The normalized spacial score (nSPS) is 11.0. The van der Waals surface area contributed by atoms with Crippen molar-refractivity contribution in [1.29, 1.82) is 0 Å². The van der Waals surface area contributed by atoms with E-state index >= 15 is 0 Å². The molecule has 3 rings (SSSR count). The third kappa shape index (κ3) is 5.81. The third-order valence-corrected chi connectivity index (χ3v) is 7.16. The van der Waals surface area contributed by atoms with Gasteiger partial charge in [-0.3, -0.25) is 9.10 Å². The summed E-state index contributed by atoms with van der Waals surface area (Å²) in [4.78, 5) is 25.3. The molecule has 3 aromatic carbocycles. The van der Waals surface area contributed by atoms with Crippen LogP contribution in [0, 0.1) is 13.8 Å². The number of sulfonamides is 1. The number of ether oxygens (including phenoxy) is 2. The van der Waals surface area contributed by atoms with Gasteiger partial charge in [0, 0.05) is 5.69 Å². The van der Waals surface area contributed by atoms with Crippen LogP contribution < -0.4 is 14.4 Å². The molecule has 3 aromatic rings. The second kappa shape index (κ2) is 11.1. The van der Waals surface area contributed by atoms with Crippen molar-refractivity contribution in [3.63, 3.8) is 0 Å². The Morgan fingerprint density at radius 1 is 0.971 bits per heavy atom. The van der Waals surface area contributed by atoms with Crippen LogP contribution in [0.3, 0.4) is 0 Å². The van der Waals surface area contributed by atoms with Crippen molar-refractivity contribution in [3.8, 4) is 5.75 Å². The summed E-state index contributed by atoms with van der Waals surface area (Å²) in [6.45, 7) is 4.90. The highest BCUT2D eigenvalue weighted by atomic mass is 32.2. The lowest BCUT2D eigenvalue weighted by molar-refractivity contribution is -0.114. The van der Waals surface area contributed by atoms with Crippen LogP contribution in [0.1, 0.15) is 28.4 Å². The summed E-state index contributed by atoms with van der Waals surface area (Å²) in [5.41, 5.74) is 2.24. The fraction of sp³-hybridized carbons (Fsp3) is 0.231. The average Bonchev–Trinajstić information content (AvgIpc) is 2.84. The highest BCUT2D eigenvalue weighted by Crippen LogP contribution is 2.27. The number of rotatable bonds is 9. The van der Waals surface area contributed by atoms with Gasteiger partial charge in [-0.15, -0.1) is 0 Å². The Morgan fingerprint density at radius 3 is 2.31 bits per heavy atom. The van der Waals surface area contributed by atoms with Crippen LogP contribution in [-0.4, -0.2) is 40.6 Å². The first kappa shape index (κ1) is 25.8. The maximum absolute atomic E-state index is 13.6. The van der Waals surface area contributed by atoms with E-state index in [1.54, 1.807) is 75.4 Å². The summed E-state index contributed by atoms with van der Waals surface area (Å²) in [7, 11) is -2.58.